The first-order valence-corrected chi connectivity index (χ1v) is 6.27. The van der Waals surface area contributed by atoms with Crippen molar-refractivity contribution in [3.05, 3.63) is 54.4 Å². The maximum atomic E-state index is 11.0. The Morgan fingerprint density at radius 3 is 2.68 bits per heavy atom. The molecule has 1 unspecified atom stereocenters. The summed E-state index contributed by atoms with van der Waals surface area (Å²) >= 11 is 0. The predicted molar refractivity (Wildman–Crippen MR) is 72.4 cm³/mol. The molecule has 1 aromatic carbocycles. The van der Waals surface area contributed by atoms with Gasteiger partial charge in [-0.1, -0.05) is 12.1 Å². The Morgan fingerprint density at radius 2 is 2.05 bits per heavy atom. The Labute approximate surface area is 112 Å². The van der Waals surface area contributed by atoms with Gasteiger partial charge in [0, 0.05) is 12.4 Å². The van der Waals surface area contributed by atoms with E-state index in [4.69, 9.17) is 9.84 Å². The van der Waals surface area contributed by atoms with Gasteiger partial charge in [-0.15, -0.1) is 0 Å². The summed E-state index contributed by atoms with van der Waals surface area (Å²) < 4.78 is 7.36. The van der Waals surface area contributed by atoms with Gasteiger partial charge in [0.1, 0.15) is 5.75 Å². The number of carbonyl (C=O) groups is 1. The van der Waals surface area contributed by atoms with Crippen LogP contribution in [0.1, 0.15) is 24.9 Å². The summed E-state index contributed by atoms with van der Waals surface area (Å²) in [6, 6.07) is 11.2. The fourth-order valence-electron chi connectivity index (χ4n) is 2.09. The zero-order valence-corrected chi connectivity index (χ0v) is 10.8. The van der Waals surface area contributed by atoms with Crippen LogP contribution in [0.2, 0.25) is 0 Å². The van der Waals surface area contributed by atoms with Gasteiger partial charge in [-0.2, -0.15) is 0 Å². The number of carboxylic acids is 1. The molecule has 0 radical (unpaired) electrons. The second-order valence-electron chi connectivity index (χ2n) is 4.25. The van der Waals surface area contributed by atoms with Crippen LogP contribution in [0.5, 0.6) is 5.75 Å². The largest absolute Gasteiger partial charge is 0.494 e. The van der Waals surface area contributed by atoms with Crippen molar-refractivity contribution >= 4 is 5.97 Å². The Bertz CT molecular complexity index is 534. The first-order valence-electron chi connectivity index (χ1n) is 6.27. The fourth-order valence-corrected chi connectivity index (χ4v) is 2.09. The molecule has 2 aromatic rings. The highest BCUT2D eigenvalue weighted by Gasteiger charge is 2.17. The van der Waals surface area contributed by atoms with Gasteiger partial charge in [-0.25, -0.2) is 0 Å². The van der Waals surface area contributed by atoms with E-state index in [9.17, 15) is 4.79 Å². The van der Waals surface area contributed by atoms with Crippen LogP contribution in [0, 0.1) is 0 Å². The van der Waals surface area contributed by atoms with E-state index in [0.717, 1.165) is 11.3 Å². The maximum Gasteiger partial charge on any atom is 0.305 e. The Hall–Kier alpha value is -2.23. The molecule has 0 aliphatic heterocycles. The predicted octanol–water partition coefficient (Wildman–Crippen LogP) is 2.95. The minimum Gasteiger partial charge on any atom is -0.494 e. The van der Waals surface area contributed by atoms with Gasteiger partial charge in [0.2, 0.25) is 0 Å². The van der Waals surface area contributed by atoms with Crippen LogP contribution in [0.25, 0.3) is 0 Å². The molecular formula is C15H17NO3. The minimum atomic E-state index is -0.819. The van der Waals surface area contributed by atoms with Crippen molar-refractivity contribution in [1.29, 1.82) is 0 Å². The van der Waals surface area contributed by atoms with Gasteiger partial charge < -0.3 is 14.4 Å². The molecule has 1 aromatic heterocycles. The topological polar surface area (TPSA) is 51.5 Å². The first kappa shape index (κ1) is 13.2. The van der Waals surface area contributed by atoms with Crippen LogP contribution in [-0.4, -0.2) is 22.2 Å². The number of ether oxygens (including phenoxy) is 1. The van der Waals surface area contributed by atoms with Crippen molar-refractivity contribution in [1.82, 2.24) is 4.57 Å². The van der Waals surface area contributed by atoms with Crippen LogP contribution in [0.3, 0.4) is 0 Å². The molecule has 4 nitrogen and oxygen atoms in total. The number of aliphatic carboxylic acids is 1. The SMILES string of the molecule is CCOc1cccc(C(CC(=O)O)n2cccc2)c1. The molecule has 0 spiro atoms. The Kier molecular flexibility index (Phi) is 4.23. The standard InChI is InChI=1S/C15H17NO3/c1-2-19-13-7-5-6-12(10-13)14(11-15(17)18)16-8-3-4-9-16/h3-10,14H,2,11H2,1H3,(H,17,18). The van der Waals surface area contributed by atoms with E-state index >= 15 is 0 Å². The average molecular weight is 259 g/mol. The first-order chi connectivity index (χ1) is 9.20. The Balaban J connectivity index is 2.32. The maximum absolute atomic E-state index is 11.0. The third-order valence-corrected chi connectivity index (χ3v) is 2.91. The lowest BCUT2D eigenvalue weighted by Gasteiger charge is -2.18. The van der Waals surface area contributed by atoms with E-state index in [1.807, 2.05) is 60.3 Å². The summed E-state index contributed by atoms with van der Waals surface area (Å²) in [5.41, 5.74) is 0.935. The third-order valence-electron chi connectivity index (χ3n) is 2.91. The van der Waals surface area contributed by atoms with Gasteiger partial charge >= 0.3 is 5.97 Å². The van der Waals surface area contributed by atoms with Gasteiger partial charge in [0.25, 0.3) is 0 Å². The smallest absolute Gasteiger partial charge is 0.305 e. The molecule has 0 aliphatic carbocycles. The second-order valence-corrected chi connectivity index (χ2v) is 4.25. The van der Waals surface area contributed by atoms with Crippen LogP contribution in [0.4, 0.5) is 0 Å². The fraction of sp³-hybridized carbons (Fsp3) is 0.267. The molecule has 0 aliphatic rings. The molecule has 0 bridgehead atoms. The van der Waals surface area contributed by atoms with E-state index < -0.39 is 5.97 Å². The summed E-state index contributed by atoms with van der Waals surface area (Å²) in [5.74, 6) is -0.0527. The normalized spacial score (nSPS) is 12.1. The Morgan fingerprint density at radius 1 is 1.32 bits per heavy atom. The van der Waals surface area contributed by atoms with Crippen molar-refractivity contribution in [3.63, 3.8) is 0 Å². The van der Waals surface area contributed by atoms with E-state index in [0.29, 0.717) is 6.61 Å². The number of hydrogen-bond acceptors (Lipinski definition) is 2. The average Bonchev–Trinajstić information content (AvgIpc) is 2.90. The van der Waals surface area contributed by atoms with Crippen LogP contribution < -0.4 is 4.74 Å². The molecule has 1 atom stereocenters. The zero-order valence-electron chi connectivity index (χ0n) is 10.8. The van der Waals surface area contributed by atoms with Crippen molar-refractivity contribution in [2.45, 2.75) is 19.4 Å². The van der Waals surface area contributed by atoms with Crippen molar-refractivity contribution < 1.29 is 14.6 Å². The van der Waals surface area contributed by atoms with Crippen molar-refractivity contribution in [2.75, 3.05) is 6.61 Å². The number of rotatable bonds is 6. The number of aromatic nitrogens is 1. The van der Waals surface area contributed by atoms with Crippen LogP contribution in [-0.2, 0) is 4.79 Å². The second kappa shape index (κ2) is 6.09. The van der Waals surface area contributed by atoms with E-state index in [1.165, 1.54) is 0 Å². The van der Waals surface area contributed by atoms with E-state index in [1.54, 1.807) is 0 Å². The number of nitrogens with zero attached hydrogens (tertiary/aromatic N) is 1. The molecule has 0 saturated carbocycles. The zero-order chi connectivity index (χ0) is 13.7. The monoisotopic (exact) mass is 259 g/mol. The van der Waals surface area contributed by atoms with E-state index in [2.05, 4.69) is 0 Å². The van der Waals surface area contributed by atoms with Gasteiger partial charge in [0.05, 0.1) is 19.1 Å². The lowest BCUT2D eigenvalue weighted by molar-refractivity contribution is -0.137. The lowest BCUT2D eigenvalue weighted by Crippen LogP contribution is -2.13. The summed E-state index contributed by atoms with van der Waals surface area (Å²) in [5, 5.41) is 9.07. The van der Waals surface area contributed by atoms with Crippen molar-refractivity contribution in [2.24, 2.45) is 0 Å². The van der Waals surface area contributed by atoms with Crippen LogP contribution in [0.15, 0.2) is 48.8 Å². The molecular weight excluding hydrogens is 242 g/mol. The van der Waals surface area contributed by atoms with Gasteiger partial charge in [-0.3, -0.25) is 4.79 Å². The highest BCUT2D eigenvalue weighted by atomic mass is 16.5. The van der Waals surface area contributed by atoms with Crippen LogP contribution >= 0.6 is 0 Å². The van der Waals surface area contributed by atoms with Gasteiger partial charge in [0.15, 0.2) is 0 Å². The number of benzene rings is 1. The summed E-state index contributed by atoms with van der Waals surface area (Å²) in [6.07, 6.45) is 3.80. The molecule has 100 valence electrons. The summed E-state index contributed by atoms with van der Waals surface area (Å²) in [6.45, 7) is 2.52. The quantitative estimate of drug-likeness (QED) is 0.867. The molecule has 0 amide bonds. The molecule has 1 heterocycles. The molecule has 4 heteroatoms. The molecule has 1 N–H and O–H groups in total. The molecule has 0 saturated heterocycles. The van der Waals surface area contributed by atoms with E-state index in [-0.39, 0.29) is 12.5 Å². The highest BCUT2D eigenvalue weighted by Crippen LogP contribution is 2.25. The minimum absolute atomic E-state index is 0.0459. The molecule has 19 heavy (non-hydrogen) atoms. The summed E-state index contributed by atoms with van der Waals surface area (Å²) in [7, 11) is 0. The summed E-state index contributed by atoms with van der Waals surface area (Å²) in [4.78, 5) is 11.0. The molecule has 0 fully saturated rings. The molecule has 2 rings (SSSR count). The van der Waals surface area contributed by atoms with Gasteiger partial charge in [-0.05, 0) is 36.8 Å². The van der Waals surface area contributed by atoms with Crippen molar-refractivity contribution in [3.8, 4) is 5.75 Å². The third kappa shape index (κ3) is 3.37. The number of hydrogen-bond donors (Lipinski definition) is 1. The lowest BCUT2D eigenvalue weighted by atomic mass is 10.0. The number of carboxylic acid groups (broad SMARTS) is 1. The highest BCUT2D eigenvalue weighted by molar-refractivity contribution is 5.68.